The number of aromatic nitrogens is 1. The lowest BCUT2D eigenvalue weighted by Gasteiger charge is -2.15. The molecule has 1 fully saturated rings. The number of nitrogens with zero attached hydrogens (tertiary/aromatic N) is 2. The quantitative estimate of drug-likeness (QED) is 0.478. The minimum atomic E-state index is -0.472. The van der Waals surface area contributed by atoms with Gasteiger partial charge in [-0.3, -0.25) is 9.59 Å². The van der Waals surface area contributed by atoms with Gasteiger partial charge in [0.1, 0.15) is 0 Å². The van der Waals surface area contributed by atoms with Crippen molar-refractivity contribution in [3.8, 4) is 5.69 Å². The van der Waals surface area contributed by atoms with Crippen molar-refractivity contribution >= 4 is 35.2 Å². The Morgan fingerprint density at radius 2 is 1.59 bits per heavy atom. The second-order valence-corrected chi connectivity index (χ2v) is 7.78. The lowest BCUT2D eigenvalue weighted by molar-refractivity contribution is -0.121. The largest absolute Gasteiger partial charge is 0.465 e. The molecule has 1 atom stereocenters. The minimum Gasteiger partial charge on any atom is -0.465 e. The Bertz CT molecular complexity index is 1040. The van der Waals surface area contributed by atoms with E-state index in [1.54, 1.807) is 24.3 Å². The highest BCUT2D eigenvalue weighted by Crippen LogP contribution is 2.34. The average molecular weight is 406 g/mol. The van der Waals surface area contributed by atoms with Crippen molar-refractivity contribution in [2.24, 2.45) is 0 Å². The number of rotatable bonds is 5. The van der Waals surface area contributed by atoms with Gasteiger partial charge in [-0.1, -0.05) is 0 Å². The number of hydrogen-bond donors (Lipinski definition) is 0. The molecule has 29 heavy (non-hydrogen) atoms. The maximum absolute atomic E-state index is 12.8. The molecule has 2 amide bonds. The molecule has 2 heterocycles. The number of carbonyl (C=O) groups excluding carboxylic acids is 3. The van der Waals surface area contributed by atoms with Crippen molar-refractivity contribution in [3.05, 3.63) is 78.6 Å². The van der Waals surface area contributed by atoms with Crippen molar-refractivity contribution in [3.63, 3.8) is 0 Å². The summed E-state index contributed by atoms with van der Waals surface area (Å²) in [5, 5.41) is -0.472. The summed E-state index contributed by atoms with van der Waals surface area (Å²) in [6.07, 6.45) is 4.07. The van der Waals surface area contributed by atoms with Crippen LogP contribution in [0.1, 0.15) is 16.8 Å². The third kappa shape index (κ3) is 3.82. The summed E-state index contributed by atoms with van der Waals surface area (Å²) in [4.78, 5) is 39.0. The second-order valence-electron chi connectivity index (χ2n) is 6.50. The van der Waals surface area contributed by atoms with Crippen molar-refractivity contribution in [2.75, 3.05) is 12.0 Å². The molecule has 2 aromatic carbocycles. The van der Waals surface area contributed by atoms with Gasteiger partial charge in [-0.05, 0) is 60.7 Å². The van der Waals surface area contributed by atoms with Crippen molar-refractivity contribution in [1.29, 1.82) is 0 Å². The number of ether oxygens (including phenoxy) is 1. The average Bonchev–Trinajstić information content (AvgIpc) is 3.37. The Labute approximate surface area is 172 Å². The molecule has 1 aromatic heterocycles. The van der Waals surface area contributed by atoms with E-state index in [9.17, 15) is 14.4 Å². The number of hydrogen-bond acceptors (Lipinski definition) is 5. The van der Waals surface area contributed by atoms with Crippen LogP contribution in [-0.2, 0) is 14.3 Å². The van der Waals surface area contributed by atoms with E-state index in [0.29, 0.717) is 11.3 Å². The Kier molecular flexibility index (Phi) is 5.22. The van der Waals surface area contributed by atoms with Gasteiger partial charge in [0.15, 0.2) is 0 Å². The topological polar surface area (TPSA) is 68.6 Å². The van der Waals surface area contributed by atoms with E-state index in [-0.39, 0.29) is 18.2 Å². The van der Waals surface area contributed by atoms with Crippen LogP contribution in [0.3, 0.4) is 0 Å². The number of amides is 2. The van der Waals surface area contributed by atoms with Gasteiger partial charge >= 0.3 is 5.97 Å². The molecule has 1 aliphatic heterocycles. The van der Waals surface area contributed by atoms with E-state index in [2.05, 4.69) is 4.74 Å². The van der Waals surface area contributed by atoms with Gasteiger partial charge in [-0.2, -0.15) is 0 Å². The zero-order valence-corrected chi connectivity index (χ0v) is 16.5. The molecule has 3 aromatic rings. The Morgan fingerprint density at radius 1 is 0.966 bits per heavy atom. The lowest BCUT2D eigenvalue weighted by Crippen LogP contribution is -2.31. The minimum absolute atomic E-state index is 0.140. The van der Waals surface area contributed by atoms with Crippen LogP contribution in [0.2, 0.25) is 0 Å². The molecular formula is C22H18N2O4S. The molecule has 146 valence electrons. The first-order valence-electron chi connectivity index (χ1n) is 9.02. The standard InChI is InChI=1S/C22H18N2O4S/c1-28-22(27)15-4-6-17(7-5-15)24-20(25)14-19(21(24)26)29-18-10-8-16(9-11-18)23-12-2-3-13-23/h2-13,19H,14H2,1H3. The zero-order valence-electron chi connectivity index (χ0n) is 15.6. The van der Waals surface area contributed by atoms with Gasteiger partial charge in [-0.15, -0.1) is 11.8 Å². The molecule has 1 aliphatic rings. The first kappa shape index (κ1) is 19.0. The van der Waals surface area contributed by atoms with Crippen LogP contribution in [0.25, 0.3) is 5.69 Å². The van der Waals surface area contributed by atoms with Crippen LogP contribution >= 0.6 is 11.8 Å². The van der Waals surface area contributed by atoms with Gasteiger partial charge in [0, 0.05) is 29.4 Å². The third-order valence-corrected chi connectivity index (χ3v) is 5.87. The maximum Gasteiger partial charge on any atom is 0.337 e. The van der Waals surface area contributed by atoms with E-state index < -0.39 is 11.2 Å². The van der Waals surface area contributed by atoms with Crippen LogP contribution in [0.5, 0.6) is 0 Å². The van der Waals surface area contributed by atoms with Crippen molar-refractivity contribution in [1.82, 2.24) is 4.57 Å². The number of imide groups is 1. The second kappa shape index (κ2) is 7.97. The number of methoxy groups -OCH3 is 1. The predicted molar refractivity (Wildman–Crippen MR) is 110 cm³/mol. The van der Waals surface area contributed by atoms with Crippen LogP contribution in [0, 0.1) is 0 Å². The van der Waals surface area contributed by atoms with Gasteiger partial charge in [0.05, 0.1) is 23.6 Å². The predicted octanol–water partition coefficient (Wildman–Crippen LogP) is 3.69. The number of esters is 1. The smallest absolute Gasteiger partial charge is 0.337 e. The Balaban J connectivity index is 1.47. The molecule has 0 bridgehead atoms. The molecule has 1 unspecified atom stereocenters. The number of benzene rings is 2. The normalized spacial score (nSPS) is 16.3. The fourth-order valence-electron chi connectivity index (χ4n) is 3.20. The van der Waals surface area contributed by atoms with Crippen LogP contribution in [-0.4, -0.2) is 34.7 Å². The molecule has 0 aliphatic carbocycles. The summed E-state index contributed by atoms with van der Waals surface area (Å²) in [7, 11) is 1.30. The van der Waals surface area contributed by atoms with E-state index in [4.69, 9.17) is 0 Å². The molecule has 7 heteroatoms. The van der Waals surface area contributed by atoms with Crippen LogP contribution in [0.15, 0.2) is 78.0 Å². The molecule has 4 rings (SSSR count). The van der Waals surface area contributed by atoms with E-state index >= 15 is 0 Å². The summed E-state index contributed by atoms with van der Waals surface area (Å²) >= 11 is 1.38. The molecule has 0 spiro atoms. The highest BCUT2D eigenvalue weighted by Gasteiger charge is 2.40. The highest BCUT2D eigenvalue weighted by molar-refractivity contribution is 8.00. The molecule has 0 N–H and O–H groups in total. The van der Waals surface area contributed by atoms with Crippen LogP contribution < -0.4 is 4.90 Å². The molecule has 1 saturated heterocycles. The Hall–Kier alpha value is -3.32. The van der Waals surface area contributed by atoms with E-state index in [1.165, 1.54) is 23.8 Å². The molecule has 0 saturated carbocycles. The molecule has 6 nitrogen and oxygen atoms in total. The van der Waals surface area contributed by atoms with Gasteiger partial charge in [0.25, 0.3) is 0 Å². The summed E-state index contributed by atoms with van der Waals surface area (Å²) < 4.78 is 6.67. The SMILES string of the molecule is COC(=O)c1ccc(N2C(=O)CC(Sc3ccc(-n4cccc4)cc3)C2=O)cc1. The summed E-state index contributed by atoms with van der Waals surface area (Å²) in [5.74, 6) is -0.963. The van der Waals surface area contributed by atoms with Gasteiger partial charge in [0.2, 0.25) is 11.8 Å². The van der Waals surface area contributed by atoms with Crippen molar-refractivity contribution in [2.45, 2.75) is 16.6 Å². The van der Waals surface area contributed by atoms with E-state index in [0.717, 1.165) is 10.6 Å². The summed E-state index contributed by atoms with van der Waals surface area (Å²) in [5.41, 5.74) is 1.85. The Morgan fingerprint density at radius 3 is 2.21 bits per heavy atom. The van der Waals surface area contributed by atoms with Gasteiger partial charge in [-0.25, -0.2) is 9.69 Å². The third-order valence-electron chi connectivity index (χ3n) is 4.67. The first-order chi connectivity index (χ1) is 14.1. The molecule has 0 radical (unpaired) electrons. The summed E-state index contributed by atoms with van der Waals surface area (Å²) in [6, 6.07) is 18.0. The fraction of sp³-hybridized carbons (Fsp3) is 0.136. The zero-order chi connectivity index (χ0) is 20.4. The number of carbonyl (C=O) groups is 3. The highest BCUT2D eigenvalue weighted by atomic mass is 32.2. The van der Waals surface area contributed by atoms with Crippen LogP contribution in [0.4, 0.5) is 5.69 Å². The van der Waals surface area contributed by atoms with E-state index in [1.807, 2.05) is 53.4 Å². The first-order valence-corrected chi connectivity index (χ1v) is 9.90. The van der Waals surface area contributed by atoms with Crippen molar-refractivity contribution < 1.29 is 19.1 Å². The maximum atomic E-state index is 12.8. The fourth-order valence-corrected chi connectivity index (χ4v) is 4.25. The van der Waals surface area contributed by atoms with Gasteiger partial charge < -0.3 is 9.30 Å². The monoisotopic (exact) mass is 406 g/mol. The number of anilines is 1. The molecular weight excluding hydrogens is 388 g/mol. The number of thioether (sulfide) groups is 1. The lowest BCUT2D eigenvalue weighted by atomic mass is 10.2. The summed E-state index contributed by atoms with van der Waals surface area (Å²) in [6.45, 7) is 0.